The first-order chi connectivity index (χ1) is 9.46. The lowest BCUT2D eigenvalue weighted by Gasteiger charge is -2.21. The zero-order chi connectivity index (χ0) is 15.1. The number of halogens is 2. The zero-order valence-electron chi connectivity index (χ0n) is 11.1. The van der Waals surface area contributed by atoms with E-state index in [-0.39, 0.29) is 18.6 Å². The number of hydrogen-bond donors (Lipinski definition) is 2. The summed E-state index contributed by atoms with van der Waals surface area (Å²) < 4.78 is 5.47. The number of benzene rings is 1. The van der Waals surface area contributed by atoms with Crippen LogP contribution < -0.4 is 5.32 Å². The molecule has 1 aromatic rings. The van der Waals surface area contributed by atoms with E-state index in [1.165, 1.54) is 12.1 Å². The first kappa shape index (κ1) is 17.0. The fraction of sp³-hybridized carbons (Fsp3) is 0.357. The van der Waals surface area contributed by atoms with E-state index in [0.717, 1.165) is 0 Å². The maximum atomic E-state index is 12.1. The minimum atomic E-state index is -0.570. The van der Waals surface area contributed by atoms with Gasteiger partial charge in [0.05, 0.1) is 12.7 Å². The van der Waals surface area contributed by atoms with Crippen molar-refractivity contribution in [2.45, 2.75) is 25.7 Å². The Morgan fingerprint density at radius 1 is 1.45 bits per heavy atom. The summed E-state index contributed by atoms with van der Waals surface area (Å²) >= 11 is 11.7. The summed E-state index contributed by atoms with van der Waals surface area (Å²) in [6.07, 6.45) is 1.09. The Morgan fingerprint density at radius 2 is 2.05 bits per heavy atom. The van der Waals surface area contributed by atoms with E-state index in [1.54, 1.807) is 19.1 Å². The average molecular weight is 318 g/mol. The van der Waals surface area contributed by atoms with Gasteiger partial charge in [-0.05, 0) is 25.1 Å². The van der Waals surface area contributed by atoms with Crippen molar-refractivity contribution in [1.29, 1.82) is 0 Å². The second-order valence-electron chi connectivity index (χ2n) is 4.27. The first-order valence-electron chi connectivity index (χ1n) is 6.10. The molecule has 110 valence electrons. The number of rotatable bonds is 7. The standard InChI is InChI=1S/C14H17Cl2NO3/c1-3-4-13(20-9(2)8-18)17-14(19)10-5-11(15)7-12(16)6-10/h3,5-7,9,13,18H,1,4,8H2,2H3,(H,17,19)/t9-,13?/m0/s1. The lowest BCUT2D eigenvalue weighted by Crippen LogP contribution is -2.39. The number of amides is 1. The summed E-state index contributed by atoms with van der Waals surface area (Å²) in [7, 11) is 0. The molecule has 1 rings (SSSR count). The van der Waals surface area contributed by atoms with E-state index in [1.807, 2.05) is 0 Å². The predicted molar refractivity (Wildman–Crippen MR) is 80.2 cm³/mol. The van der Waals surface area contributed by atoms with Crippen molar-refractivity contribution in [2.24, 2.45) is 0 Å². The number of carbonyl (C=O) groups excluding carboxylic acids is 1. The third-order valence-corrected chi connectivity index (χ3v) is 2.89. The Kier molecular flexibility index (Phi) is 7.02. The molecule has 1 amide bonds. The normalized spacial score (nSPS) is 13.6. The molecular weight excluding hydrogens is 301 g/mol. The molecule has 0 saturated heterocycles. The second-order valence-corrected chi connectivity index (χ2v) is 5.15. The molecular formula is C14H17Cl2NO3. The Hall–Kier alpha value is -1.07. The molecule has 0 fully saturated rings. The van der Waals surface area contributed by atoms with Crippen LogP contribution in [0.1, 0.15) is 23.7 Å². The van der Waals surface area contributed by atoms with Gasteiger partial charge in [0.25, 0.3) is 5.91 Å². The maximum Gasteiger partial charge on any atom is 0.253 e. The van der Waals surface area contributed by atoms with Crippen LogP contribution in [0, 0.1) is 0 Å². The SMILES string of the molecule is C=CCC(NC(=O)c1cc(Cl)cc(Cl)c1)O[C@@H](C)CO. The molecule has 6 heteroatoms. The molecule has 4 nitrogen and oxygen atoms in total. The highest BCUT2D eigenvalue weighted by atomic mass is 35.5. The summed E-state index contributed by atoms with van der Waals surface area (Å²) in [6.45, 7) is 5.18. The minimum absolute atomic E-state index is 0.132. The van der Waals surface area contributed by atoms with E-state index in [9.17, 15) is 4.79 Å². The first-order valence-corrected chi connectivity index (χ1v) is 6.86. The summed E-state index contributed by atoms with van der Waals surface area (Å²) in [5, 5.41) is 12.4. The summed E-state index contributed by atoms with van der Waals surface area (Å²) in [5.41, 5.74) is 0.344. The molecule has 0 radical (unpaired) electrons. The van der Waals surface area contributed by atoms with Gasteiger partial charge in [0.1, 0.15) is 6.23 Å². The topological polar surface area (TPSA) is 58.6 Å². The van der Waals surface area contributed by atoms with Gasteiger partial charge in [-0.1, -0.05) is 29.3 Å². The van der Waals surface area contributed by atoms with Crippen molar-refractivity contribution in [1.82, 2.24) is 5.32 Å². The molecule has 0 heterocycles. The molecule has 2 atom stereocenters. The van der Waals surface area contributed by atoms with E-state index in [2.05, 4.69) is 11.9 Å². The lowest BCUT2D eigenvalue weighted by atomic mass is 10.2. The fourth-order valence-electron chi connectivity index (χ4n) is 1.54. The van der Waals surface area contributed by atoms with Crippen molar-refractivity contribution in [3.05, 3.63) is 46.5 Å². The number of aliphatic hydroxyl groups is 1. The molecule has 0 saturated carbocycles. The smallest absolute Gasteiger partial charge is 0.253 e. The van der Waals surface area contributed by atoms with Crippen molar-refractivity contribution in [2.75, 3.05) is 6.61 Å². The van der Waals surface area contributed by atoms with Gasteiger partial charge in [0.2, 0.25) is 0 Å². The van der Waals surface area contributed by atoms with E-state index < -0.39 is 6.23 Å². The van der Waals surface area contributed by atoms with Crippen LogP contribution >= 0.6 is 23.2 Å². The van der Waals surface area contributed by atoms with Crippen LogP contribution in [0.5, 0.6) is 0 Å². The third-order valence-electron chi connectivity index (χ3n) is 2.45. The van der Waals surface area contributed by atoms with Crippen molar-refractivity contribution in [3.8, 4) is 0 Å². The number of ether oxygens (including phenoxy) is 1. The molecule has 2 N–H and O–H groups in total. The van der Waals surface area contributed by atoms with Crippen molar-refractivity contribution < 1.29 is 14.6 Å². The van der Waals surface area contributed by atoms with Crippen LogP contribution in [0.3, 0.4) is 0 Å². The van der Waals surface area contributed by atoms with E-state index in [4.69, 9.17) is 33.0 Å². The highest BCUT2D eigenvalue weighted by molar-refractivity contribution is 6.35. The molecule has 1 unspecified atom stereocenters. The summed E-state index contributed by atoms with van der Waals surface area (Å²) in [6, 6.07) is 4.58. The number of hydrogen-bond acceptors (Lipinski definition) is 3. The Morgan fingerprint density at radius 3 is 2.55 bits per heavy atom. The Bertz CT molecular complexity index is 459. The molecule has 0 aromatic heterocycles. The van der Waals surface area contributed by atoms with Crippen molar-refractivity contribution in [3.63, 3.8) is 0 Å². The van der Waals surface area contributed by atoms with Gasteiger partial charge >= 0.3 is 0 Å². The monoisotopic (exact) mass is 317 g/mol. The Labute approximate surface area is 128 Å². The van der Waals surface area contributed by atoms with Gasteiger partial charge in [-0.2, -0.15) is 0 Å². The quantitative estimate of drug-likeness (QED) is 0.600. The van der Waals surface area contributed by atoms with Crippen LogP contribution in [-0.4, -0.2) is 30.0 Å². The van der Waals surface area contributed by atoms with Gasteiger partial charge in [-0.25, -0.2) is 0 Å². The molecule has 0 aliphatic heterocycles. The van der Waals surface area contributed by atoms with Gasteiger partial charge in [-0.3, -0.25) is 4.79 Å². The van der Waals surface area contributed by atoms with Gasteiger partial charge in [0.15, 0.2) is 0 Å². The lowest BCUT2D eigenvalue weighted by molar-refractivity contribution is -0.0391. The van der Waals surface area contributed by atoms with Gasteiger partial charge < -0.3 is 15.2 Å². The fourth-order valence-corrected chi connectivity index (χ4v) is 2.06. The predicted octanol–water partition coefficient (Wildman–Crippen LogP) is 3.02. The van der Waals surface area contributed by atoms with Crippen LogP contribution in [0.2, 0.25) is 10.0 Å². The van der Waals surface area contributed by atoms with E-state index in [0.29, 0.717) is 22.0 Å². The number of aliphatic hydroxyl groups excluding tert-OH is 1. The average Bonchev–Trinajstić information content (AvgIpc) is 2.37. The minimum Gasteiger partial charge on any atom is -0.394 e. The molecule has 0 spiro atoms. The van der Waals surface area contributed by atoms with Crippen LogP contribution in [0.4, 0.5) is 0 Å². The summed E-state index contributed by atoms with van der Waals surface area (Å²) in [5.74, 6) is -0.355. The van der Waals surface area contributed by atoms with Gasteiger partial charge in [-0.15, -0.1) is 6.58 Å². The zero-order valence-corrected chi connectivity index (χ0v) is 12.6. The molecule has 0 aliphatic rings. The molecule has 0 bridgehead atoms. The highest BCUT2D eigenvalue weighted by Gasteiger charge is 2.16. The van der Waals surface area contributed by atoms with Gasteiger partial charge in [0, 0.05) is 22.0 Å². The third kappa shape index (κ3) is 5.51. The number of nitrogens with one attached hydrogen (secondary N) is 1. The van der Waals surface area contributed by atoms with E-state index >= 15 is 0 Å². The molecule has 0 aliphatic carbocycles. The van der Waals surface area contributed by atoms with Crippen molar-refractivity contribution >= 4 is 29.1 Å². The Balaban J connectivity index is 2.76. The van der Waals surface area contributed by atoms with Crippen LogP contribution in [0.15, 0.2) is 30.9 Å². The largest absolute Gasteiger partial charge is 0.394 e. The highest BCUT2D eigenvalue weighted by Crippen LogP contribution is 2.19. The summed E-state index contributed by atoms with van der Waals surface area (Å²) in [4.78, 5) is 12.1. The van der Waals surface area contributed by atoms with Crippen LogP contribution in [-0.2, 0) is 4.74 Å². The molecule has 1 aromatic carbocycles. The second kappa shape index (κ2) is 8.27. The van der Waals surface area contributed by atoms with Crippen LogP contribution in [0.25, 0.3) is 0 Å². The molecule has 20 heavy (non-hydrogen) atoms. The number of carbonyl (C=O) groups is 1. The maximum absolute atomic E-state index is 12.1.